The Morgan fingerprint density at radius 3 is 1.89 bits per heavy atom. The predicted molar refractivity (Wildman–Crippen MR) is 37.8 cm³/mol. The summed E-state index contributed by atoms with van der Waals surface area (Å²) >= 11 is 5.48. The van der Waals surface area contributed by atoms with Gasteiger partial charge in [-0.2, -0.15) is 0 Å². The van der Waals surface area contributed by atoms with Crippen LogP contribution >= 0.6 is 11.6 Å². The molecule has 0 aromatic heterocycles. The first-order chi connectivity index (χ1) is 4.18. The highest BCUT2D eigenvalue weighted by atomic mass is 35.5. The molecule has 0 bridgehead atoms. The van der Waals surface area contributed by atoms with Crippen LogP contribution in [0.1, 0.15) is 13.3 Å². The van der Waals surface area contributed by atoms with Crippen molar-refractivity contribution in [3.63, 3.8) is 0 Å². The number of halogens is 1. The molecule has 9 heavy (non-hydrogen) atoms. The molecule has 0 saturated heterocycles. The van der Waals surface area contributed by atoms with Crippen LogP contribution < -0.4 is 0 Å². The molecule has 0 spiro atoms. The lowest BCUT2D eigenvalue weighted by molar-refractivity contribution is -0.193. The molecule has 0 heterocycles. The third-order valence-electron chi connectivity index (χ3n) is 1.41. The molecule has 0 fully saturated rings. The van der Waals surface area contributed by atoms with E-state index in [0.717, 1.165) is 0 Å². The summed E-state index contributed by atoms with van der Waals surface area (Å²) in [7, 11) is 3.21. The molecule has 0 aliphatic heterocycles. The second-order valence-electron chi connectivity index (χ2n) is 1.98. The fourth-order valence-corrected chi connectivity index (χ4v) is 0.802. The summed E-state index contributed by atoms with van der Waals surface area (Å²) in [6.45, 7) is 1.86. The van der Waals surface area contributed by atoms with Gasteiger partial charge in [0.25, 0.3) is 0 Å². The standard InChI is InChI=1S/C6H13ClO2/c1-6(8-2,9-3)4-5-7/h4-5H2,1-3H3. The van der Waals surface area contributed by atoms with Gasteiger partial charge in [-0.25, -0.2) is 0 Å². The molecule has 0 amide bonds. The lowest BCUT2D eigenvalue weighted by atomic mass is 10.2. The molecule has 0 aromatic rings. The van der Waals surface area contributed by atoms with Gasteiger partial charge >= 0.3 is 0 Å². The maximum Gasteiger partial charge on any atom is 0.165 e. The second-order valence-corrected chi connectivity index (χ2v) is 2.36. The highest BCUT2D eigenvalue weighted by Gasteiger charge is 2.20. The molecule has 0 saturated carbocycles. The van der Waals surface area contributed by atoms with Crippen molar-refractivity contribution in [2.75, 3.05) is 20.1 Å². The molecule has 0 atom stereocenters. The lowest BCUT2D eigenvalue weighted by Gasteiger charge is -2.24. The number of alkyl halides is 1. The van der Waals surface area contributed by atoms with E-state index in [-0.39, 0.29) is 0 Å². The van der Waals surface area contributed by atoms with Gasteiger partial charge in [-0.05, 0) is 6.92 Å². The molecule has 0 N–H and O–H groups in total. The summed E-state index contributed by atoms with van der Waals surface area (Å²) in [5, 5.41) is 0. The number of rotatable bonds is 4. The van der Waals surface area contributed by atoms with Crippen molar-refractivity contribution >= 4 is 11.6 Å². The first-order valence-electron chi connectivity index (χ1n) is 2.85. The number of hydrogen-bond acceptors (Lipinski definition) is 2. The minimum atomic E-state index is -0.498. The van der Waals surface area contributed by atoms with Crippen LogP contribution in [0.3, 0.4) is 0 Å². The van der Waals surface area contributed by atoms with Crippen LogP contribution in [0.4, 0.5) is 0 Å². The van der Waals surface area contributed by atoms with Crippen LogP contribution in [0, 0.1) is 0 Å². The molecular formula is C6H13ClO2. The average molecular weight is 153 g/mol. The van der Waals surface area contributed by atoms with Crippen molar-refractivity contribution in [3.05, 3.63) is 0 Å². The molecule has 0 aliphatic rings. The molecule has 0 unspecified atom stereocenters. The van der Waals surface area contributed by atoms with Crippen molar-refractivity contribution in [2.45, 2.75) is 19.1 Å². The Morgan fingerprint density at radius 1 is 1.33 bits per heavy atom. The Bertz CT molecular complexity index is 71.5. The minimum absolute atomic E-state index is 0.498. The molecule has 56 valence electrons. The van der Waals surface area contributed by atoms with Gasteiger partial charge in [-0.15, -0.1) is 11.6 Å². The van der Waals surface area contributed by atoms with Crippen molar-refractivity contribution in [1.29, 1.82) is 0 Å². The van der Waals surface area contributed by atoms with Crippen LogP contribution in [0.25, 0.3) is 0 Å². The topological polar surface area (TPSA) is 18.5 Å². The Kier molecular flexibility index (Phi) is 4.19. The van der Waals surface area contributed by atoms with Gasteiger partial charge in [0.1, 0.15) is 0 Å². The summed E-state index contributed by atoms with van der Waals surface area (Å²) in [6.07, 6.45) is 0.710. The Labute approximate surface area is 61.1 Å². The number of ether oxygens (including phenoxy) is 2. The van der Waals surface area contributed by atoms with E-state index in [4.69, 9.17) is 21.1 Å². The molecular weight excluding hydrogens is 140 g/mol. The van der Waals surface area contributed by atoms with E-state index >= 15 is 0 Å². The summed E-state index contributed by atoms with van der Waals surface area (Å²) in [6, 6.07) is 0. The first-order valence-corrected chi connectivity index (χ1v) is 3.38. The minimum Gasteiger partial charge on any atom is -0.353 e. The fraction of sp³-hybridized carbons (Fsp3) is 1.00. The highest BCUT2D eigenvalue weighted by molar-refractivity contribution is 6.17. The molecule has 0 rings (SSSR count). The lowest BCUT2D eigenvalue weighted by Crippen LogP contribution is -2.29. The number of methoxy groups -OCH3 is 2. The first kappa shape index (κ1) is 9.21. The van der Waals surface area contributed by atoms with E-state index in [9.17, 15) is 0 Å². The van der Waals surface area contributed by atoms with Crippen LogP contribution in [0.15, 0.2) is 0 Å². The van der Waals surface area contributed by atoms with Gasteiger partial charge in [0, 0.05) is 26.5 Å². The Morgan fingerprint density at radius 2 is 1.78 bits per heavy atom. The van der Waals surface area contributed by atoms with E-state index < -0.39 is 5.79 Å². The van der Waals surface area contributed by atoms with Gasteiger partial charge in [0.15, 0.2) is 5.79 Å². The summed E-state index contributed by atoms with van der Waals surface area (Å²) in [4.78, 5) is 0. The van der Waals surface area contributed by atoms with Gasteiger partial charge in [-0.3, -0.25) is 0 Å². The SMILES string of the molecule is COC(C)(CCCl)OC. The van der Waals surface area contributed by atoms with Gasteiger partial charge in [0.2, 0.25) is 0 Å². The molecule has 0 aromatic carbocycles. The average Bonchev–Trinajstić information content (AvgIpc) is 1.89. The molecule has 0 radical (unpaired) electrons. The number of hydrogen-bond donors (Lipinski definition) is 0. The van der Waals surface area contributed by atoms with Crippen LogP contribution in [0.2, 0.25) is 0 Å². The zero-order chi connectivity index (χ0) is 7.33. The van der Waals surface area contributed by atoms with Crippen LogP contribution in [-0.4, -0.2) is 25.9 Å². The second kappa shape index (κ2) is 4.09. The third kappa shape index (κ3) is 3.04. The van der Waals surface area contributed by atoms with E-state index in [1.807, 2.05) is 6.92 Å². The third-order valence-corrected chi connectivity index (χ3v) is 1.60. The zero-order valence-electron chi connectivity index (χ0n) is 6.11. The quantitative estimate of drug-likeness (QED) is 0.450. The molecule has 3 heteroatoms. The summed E-state index contributed by atoms with van der Waals surface area (Å²) in [5.74, 6) is 0.0555. The predicted octanol–water partition coefficient (Wildman–Crippen LogP) is 1.62. The van der Waals surface area contributed by atoms with Crippen molar-refractivity contribution in [3.8, 4) is 0 Å². The van der Waals surface area contributed by atoms with Crippen LogP contribution in [-0.2, 0) is 9.47 Å². The normalized spacial score (nSPS) is 12.0. The van der Waals surface area contributed by atoms with Gasteiger partial charge in [0.05, 0.1) is 0 Å². The van der Waals surface area contributed by atoms with E-state index in [2.05, 4.69) is 0 Å². The summed E-state index contributed by atoms with van der Waals surface area (Å²) < 4.78 is 10.0. The molecule has 2 nitrogen and oxygen atoms in total. The van der Waals surface area contributed by atoms with E-state index in [0.29, 0.717) is 12.3 Å². The Hall–Kier alpha value is 0.210. The van der Waals surface area contributed by atoms with Crippen LogP contribution in [0.5, 0.6) is 0 Å². The van der Waals surface area contributed by atoms with Crippen molar-refractivity contribution in [2.24, 2.45) is 0 Å². The smallest absolute Gasteiger partial charge is 0.165 e. The maximum absolute atomic E-state index is 5.48. The largest absolute Gasteiger partial charge is 0.353 e. The zero-order valence-corrected chi connectivity index (χ0v) is 6.86. The van der Waals surface area contributed by atoms with Gasteiger partial charge < -0.3 is 9.47 Å². The van der Waals surface area contributed by atoms with E-state index in [1.54, 1.807) is 14.2 Å². The molecule has 0 aliphatic carbocycles. The van der Waals surface area contributed by atoms with Crippen molar-refractivity contribution < 1.29 is 9.47 Å². The fourth-order valence-electron chi connectivity index (χ4n) is 0.459. The Balaban J connectivity index is 3.62. The maximum atomic E-state index is 5.48. The van der Waals surface area contributed by atoms with E-state index in [1.165, 1.54) is 0 Å². The summed E-state index contributed by atoms with van der Waals surface area (Å²) in [5.41, 5.74) is 0. The highest BCUT2D eigenvalue weighted by Crippen LogP contribution is 2.14. The monoisotopic (exact) mass is 152 g/mol. The van der Waals surface area contributed by atoms with Gasteiger partial charge in [-0.1, -0.05) is 0 Å². The van der Waals surface area contributed by atoms with Crippen molar-refractivity contribution in [1.82, 2.24) is 0 Å².